The number of amides is 1. The highest BCUT2D eigenvalue weighted by molar-refractivity contribution is 6.01. The van der Waals surface area contributed by atoms with Crippen LogP contribution in [0.5, 0.6) is 5.75 Å². The summed E-state index contributed by atoms with van der Waals surface area (Å²) in [5.74, 6) is 0.118. The molecule has 0 radical (unpaired) electrons. The summed E-state index contributed by atoms with van der Waals surface area (Å²) < 4.78 is 7.36. The van der Waals surface area contributed by atoms with E-state index >= 15 is 0 Å². The second kappa shape index (κ2) is 5.17. The van der Waals surface area contributed by atoms with Gasteiger partial charge in [-0.3, -0.25) is 4.79 Å². The zero-order valence-electron chi connectivity index (χ0n) is 12.4. The number of aromatic nitrogens is 2. The summed E-state index contributed by atoms with van der Waals surface area (Å²) >= 11 is 0. The molecule has 2 aromatic heterocycles. The Kier molecular flexibility index (Phi) is 3.44. The second-order valence-electron chi connectivity index (χ2n) is 6.21. The first-order valence-electron chi connectivity index (χ1n) is 7.14. The SMILES string of the molecule is CC(C)(O)COc1ccc2c(C(=O)N=O)cnn2c1C1CC1. The van der Waals surface area contributed by atoms with Gasteiger partial charge in [0.25, 0.3) is 0 Å². The molecule has 7 heteroatoms. The number of hydrogen-bond acceptors (Lipinski definition) is 5. The Morgan fingerprint density at radius 2 is 2.23 bits per heavy atom. The third-order valence-corrected chi connectivity index (χ3v) is 3.54. The number of pyridine rings is 1. The number of carbonyl (C=O) groups excluding carboxylic acids is 1. The summed E-state index contributed by atoms with van der Waals surface area (Å²) in [5, 5.41) is 16.5. The van der Waals surface area contributed by atoms with E-state index in [0.29, 0.717) is 17.2 Å². The zero-order valence-corrected chi connectivity index (χ0v) is 12.4. The van der Waals surface area contributed by atoms with Gasteiger partial charge in [0.05, 0.1) is 28.6 Å². The van der Waals surface area contributed by atoms with Gasteiger partial charge in [-0.2, -0.15) is 5.10 Å². The van der Waals surface area contributed by atoms with Crippen LogP contribution in [0.2, 0.25) is 0 Å². The van der Waals surface area contributed by atoms with Crippen molar-refractivity contribution < 1.29 is 14.6 Å². The van der Waals surface area contributed by atoms with E-state index in [1.165, 1.54) is 6.20 Å². The monoisotopic (exact) mass is 303 g/mol. The van der Waals surface area contributed by atoms with Gasteiger partial charge in [0.15, 0.2) is 0 Å². The minimum absolute atomic E-state index is 0.154. The summed E-state index contributed by atoms with van der Waals surface area (Å²) in [6.45, 7) is 3.49. The predicted octanol–water partition coefficient (Wildman–Crippen LogP) is 2.27. The van der Waals surface area contributed by atoms with Crippen LogP contribution in [0.4, 0.5) is 0 Å². The van der Waals surface area contributed by atoms with Crippen LogP contribution >= 0.6 is 0 Å². The minimum Gasteiger partial charge on any atom is -0.489 e. The third-order valence-electron chi connectivity index (χ3n) is 3.54. The maximum Gasteiger partial charge on any atom is 0.320 e. The Morgan fingerprint density at radius 3 is 2.82 bits per heavy atom. The lowest BCUT2D eigenvalue weighted by molar-refractivity contribution is 0.0279. The molecule has 0 unspecified atom stereocenters. The van der Waals surface area contributed by atoms with Crippen molar-refractivity contribution in [1.29, 1.82) is 0 Å². The van der Waals surface area contributed by atoms with Gasteiger partial charge in [-0.25, -0.2) is 4.52 Å². The van der Waals surface area contributed by atoms with Crippen LogP contribution in [-0.4, -0.2) is 32.8 Å². The molecule has 1 N–H and O–H groups in total. The lowest BCUT2D eigenvalue weighted by Gasteiger charge is -2.20. The van der Waals surface area contributed by atoms with Crippen LogP contribution < -0.4 is 4.74 Å². The van der Waals surface area contributed by atoms with E-state index in [1.54, 1.807) is 30.5 Å². The lowest BCUT2D eigenvalue weighted by Crippen LogP contribution is -2.28. The third kappa shape index (κ3) is 2.71. The molecule has 1 amide bonds. The number of nitrogens with zero attached hydrogens (tertiary/aromatic N) is 3. The number of nitroso groups, excluding NO2 is 1. The van der Waals surface area contributed by atoms with Gasteiger partial charge < -0.3 is 9.84 Å². The van der Waals surface area contributed by atoms with Gasteiger partial charge in [-0.05, 0) is 38.8 Å². The van der Waals surface area contributed by atoms with E-state index < -0.39 is 11.5 Å². The molecule has 3 rings (SSSR count). The maximum absolute atomic E-state index is 11.5. The predicted molar refractivity (Wildman–Crippen MR) is 79.1 cm³/mol. The first-order valence-corrected chi connectivity index (χ1v) is 7.14. The summed E-state index contributed by atoms with van der Waals surface area (Å²) in [7, 11) is 0. The fourth-order valence-corrected chi connectivity index (χ4v) is 2.38. The first kappa shape index (κ1) is 14.6. The van der Waals surface area contributed by atoms with Crippen molar-refractivity contribution in [3.63, 3.8) is 0 Å². The molecular formula is C15H17N3O4. The summed E-state index contributed by atoms with van der Waals surface area (Å²) in [5.41, 5.74) is 0.655. The number of aliphatic hydroxyl groups is 1. The van der Waals surface area contributed by atoms with E-state index in [-0.39, 0.29) is 12.2 Å². The fraction of sp³-hybridized carbons (Fsp3) is 0.467. The van der Waals surface area contributed by atoms with Crippen molar-refractivity contribution in [2.45, 2.75) is 38.2 Å². The second-order valence-corrected chi connectivity index (χ2v) is 6.21. The van der Waals surface area contributed by atoms with Gasteiger partial charge in [0.2, 0.25) is 0 Å². The van der Waals surface area contributed by atoms with Crippen molar-refractivity contribution in [2.24, 2.45) is 5.18 Å². The van der Waals surface area contributed by atoms with Gasteiger partial charge in [-0.1, -0.05) is 0 Å². The molecule has 1 aliphatic carbocycles. The summed E-state index contributed by atoms with van der Waals surface area (Å²) in [6, 6.07) is 3.43. The van der Waals surface area contributed by atoms with Crippen molar-refractivity contribution in [1.82, 2.24) is 9.61 Å². The molecule has 0 spiro atoms. The molecule has 7 nitrogen and oxygen atoms in total. The van der Waals surface area contributed by atoms with E-state index in [2.05, 4.69) is 10.3 Å². The molecule has 0 aromatic carbocycles. The zero-order chi connectivity index (χ0) is 15.9. The maximum atomic E-state index is 11.5. The molecule has 0 saturated heterocycles. The van der Waals surface area contributed by atoms with Crippen LogP contribution in [0, 0.1) is 4.91 Å². The molecule has 2 aromatic rings. The fourth-order valence-electron chi connectivity index (χ4n) is 2.38. The Labute approximate surface area is 126 Å². The Bertz CT molecular complexity index is 741. The number of rotatable bonds is 5. The standard InChI is InChI=1S/C15H17N3O4/c1-15(2,20)8-22-12-6-5-11-10(14(19)17-21)7-16-18(11)13(12)9-3-4-9/h5-7,9,20H,3-4,8H2,1-2H3. The van der Waals surface area contributed by atoms with E-state index in [0.717, 1.165) is 18.5 Å². The molecule has 116 valence electrons. The normalized spacial score (nSPS) is 15.0. The number of ether oxygens (including phenoxy) is 1. The van der Waals surface area contributed by atoms with Gasteiger partial charge >= 0.3 is 5.91 Å². The summed E-state index contributed by atoms with van der Waals surface area (Å²) in [4.78, 5) is 22.0. The van der Waals surface area contributed by atoms with Crippen molar-refractivity contribution in [3.05, 3.63) is 34.5 Å². The largest absolute Gasteiger partial charge is 0.489 e. The highest BCUT2D eigenvalue weighted by Crippen LogP contribution is 2.44. The van der Waals surface area contributed by atoms with Crippen molar-refractivity contribution in [2.75, 3.05) is 6.61 Å². The molecule has 0 aliphatic heterocycles. The van der Waals surface area contributed by atoms with Crippen LogP contribution in [0.1, 0.15) is 48.7 Å². The molecule has 1 fully saturated rings. The Balaban J connectivity index is 2.05. The lowest BCUT2D eigenvalue weighted by atomic mass is 10.1. The van der Waals surface area contributed by atoms with E-state index in [1.807, 2.05) is 0 Å². The average molecular weight is 303 g/mol. The van der Waals surface area contributed by atoms with E-state index in [4.69, 9.17) is 4.74 Å². The topological polar surface area (TPSA) is 93.3 Å². The molecule has 22 heavy (non-hydrogen) atoms. The van der Waals surface area contributed by atoms with Crippen LogP contribution in [0.25, 0.3) is 5.52 Å². The smallest absolute Gasteiger partial charge is 0.320 e. The van der Waals surface area contributed by atoms with Crippen LogP contribution in [0.15, 0.2) is 23.5 Å². The molecule has 1 aliphatic rings. The van der Waals surface area contributed by atoms with Gasteiger partial charge in [0, 0.05) is 11.1 Å². The molecule has 0 bridgehead atoms. The van der Waals surface area contributed by atoms with Crippen molar-refractivity contribution in [3.8, 4) is 5.75 Å². The summed E-state index contributed by atoms with van der Waals surface area (Å²) in [6.07, 6.45) is 3.39. The average Bonchev–Trinajstić information content (AvgIpc) is 3.21. The first-order chi connectivity index (χ1) is 10.4. The Morgan fingerprint density at radius 1 is 1.50 bits per heavy atom. The van der Waals surface area contributed by atoms with Crippen LogP contribution in [-0.2, 0) is 0 Å². The van der Waals surface area contributed by atoms with E-state index in [9.17, 15) is 14.8 Å². The number of hydrogen-bond donors (Lipinski definition) is 1. The number of fused-ring (bicyclic) bond motifs is 1. The molecular weight excluding hydrogens is 286 g/mol. The Hall–Kier alpha value is -2.28. The highest BCUT2D eigenvalue weighted by Gasteiger charge is 2.31. The number of carbonyl (C=O) groups is 1. The van der Waals surface area contributed by atoms with Crippen LogP contribution in [0.3, 0.4) is 0 Å². The quantitative estimate of drug-likeness (QED) is 0.855. The molecule has 2 heterocycles. The van der Waals surface area contributed by atoms with Crippen molar-refractivity contribution >= 4 is 11.4 Å². The highest BCUT2D eigenvalue weighted by atomic mass is 16.5. The molecule has 0 atom stereocenters. The van der Waals surface area contributed by atoms with Gasteiger partial charge in [-0.15, -0.1) is 4.91 Å². The van der Waals surface area contributed by atoms with Gasteiger partial charge in [0.1, 0.15) is 12.4 Å². The minimum atomic E-state index is -0.942. The molecule has 1 saturated carbocycles.